The molecule has 0 bridgehead atoms. The summed E-state index contributed by atoms with van der Waals surface area (Å²) in [6.07, 6.45) is 4.01. The van der Waals surface area contributed by atoms with Crippen LogP contribution in [0.4, 0.5) is 0 Å². The van der Waals surface area contributed by atoms with Gasteiger partial charge in [-0.05, 0) is 6.07 Å². The zero-order chi connectivity index (χ0) is 10.1. The van der Waals surface area contributed by atoms with Crippen molar-refractivity contribution in [1.29, 1.82) is 0 Å². The molecule has 4 heteroatoms. The Bertz CT molecular complexity index is 440. The normalized spacial score (nSPS) is 17.9. The third-order valence-electron chi connectivity index (χ3n) is 2.28. The first kappa shape index (κ1) is 8.35. The maximum atomic E-state index is 5.27. The van der Waals surface area contributed by atoms with Crippen molar-refractivity contribution in [1.82, 2.24) is 4.90 Å². The Morgan fingerprint density at radius 3 is 3.13 bits per heavy atom. The van der Waals surface area contributed by atoms with Crippen molar-refractivity contribution in [3.8, 4) is 5.75 Å². The van der Waals surface area contributed by atoms with Crippen LogP contribution < -0.4 is 4.84 Å². The second-order valence-corrected chi connectivity index (χ2v) is 3.25. The number of fused-ring (bicyclic) bond motifs is 1. The molecular formula is C11H8N2O2. The molecule has 15 heavy (non-hydrogen) atoms. The Hall–Kier alpha value is -1.97. The van der Waals surface area contributed by atoms with E-state index in [1.165, 1.54) is 0 Å². The quantitative estimate of drug-likeness (QED) is 0.639. The Morgan fingerprint density at radius 1 is 1.33 bits per heavy atom. The fourth-order valence-corrected chi connectivity index (χ4v) is 1.52. The van der Waals surface area contributed by atoms with Crippen LogP contribution in [0.5, 0.6) is 5.75 Å². The number of amidine groups is 1. The fraction of sp³-hybridized carbons (Fsp3) is 0.0909. The van der Waals surface area contributed by atoms with Crippen molar-refractivity contribution in [2.24, 2.45) is 5.16 Å². The van der Waals surface area contributed by atoms with Gasteiger partial charge in [0.1, 0.15) is 6.26 Å². The van der Waals surface area contributed by atoms with Crippen molar-refractivity contribution >= 4 is 5.84 Å². The van der Waals surface area contributed by atoms with Gasteiger partial charge in [0, 0.05) is 18.2 Å². The second-order valence-electron chi connectivity index (χ2n) is 3.25. The molecule has 0 saturated heterocycles. The third kappa shape index (κ3) is 1.44. The molecule has 2 aliphatic heterocycles. The zero-order valence-corrected chi connectivity index (χ0v) is 7.88. The zero-order valence-electron chi connectivity index (χ0n) is 7.88. The van der Waals surface area contributed by atoms with Crippen molar-refractivity contribution in [3.05, 3.63) is 49.0 Å². The lowest BCUT2D eigenvalue weighted by Crippen LogP contribution is -2.26. The number of hydrogen-bond acceptors (Lipinski definition) is 4. The molecule has 0 fully saturated rings. The molecule has 0 aromatic heterocycles. The minimum absolute atomic E-state index is 0.719. The Balaban J connectivity index is 1.86. The summed E-state index contributed by atoms with van der Waals surface area (Å²) in [4.78, 5) is 6.94. The lowest BCUT2D eigenvalue weighted by atomic mass is 10.1. The van der Waals surface area contributed by atoms with Crippen LogP contribution in [0.1, 0.15) is 5.56 Å². The van der Waals surface area contributed by atoms with Crippen LogP contribution in [0.25, 0.3) is 0 Å². The lowest BCUT2D eigenvalue weighted by Gasteiger charge is -2.19. The van der Waals surface area contributed by atoms with E-state index in [0.717, 1.165) is 23.6 Å². The van der Waals surface area contributed by atoms with Gasteiger partial charge in [0.05, 0.1) is 0 Å². The first-order valence-corrected chi connectivity index (χ1v) is 4.62. The number of ether oxygens (including phenoxy) is 1. The molecule has 0 saturated carbocycles. The monoisotopic (exact) mass is 200 g/mol. The van der Waals surface area contributed by atoms with Crippen LogP contribution >= 0.6 is 0 Å². The summed E-state index contributed by atoms with van der Waals surface area (Å²) in [5, 5.41) is 4.00. The molecule has 2 aliphatic rings. The molecule has 3 rings (SSSR count). The minimum Gasteiger partial charge on any atom is -0.461 e. The van der Waals surface area contributed by atoms with Crippen LogP contribution in [0.3, 0.4) is 0 Å². The van der Waals surface area contributed by atoms with E-state index in [0.29, 0.717) is 0 Å². The number of para-hydroxylation sites is 1. The van der Waals surface area contributed by atoms with Gasteiger partial charge in [-0.25, -0.2) is 0 Å². The number of nitrogens with zero attached hydrogens (tertiary/aromatic N) is 2. The number of benzene rings is 1. The predicted molar refractivity (Wildman–Crippen MR) is 53.5 cm³/mol. The van der Waals surface area contributed by atoms with Crippen LogP contribution in [0.2, 0.25) is 0 Å². The fourth-order valence-electron chi connectivity index (χ4n) is 1.52. The van der Waals surface area contributed by atoms with Gasteiger partial charge in [-0.1, -0.05) is 23.4 Å². The van der Waals surface area contributed by atoms with Crippen molar-refractivity contribution in [3.63, 3.8) is 0 Å². The maximum absolute atomic E-state index is 5.27. The number of oxime groups is 1. The molecule has 2 radical (unpaired) electrons. The summed E-state index contributed by atoms with van der Waals surface area (Å²) in [7, 11) is 0. The summed E-state index contributed by atoms with van der Waals surface area (Å²) in [5.41, 5.74) is 1.12. The summed E-state index contributed by atoms with van der Waals surface area (Å²) in [6.45, 7) is 2.67. The smallest absolute Gasteiger partial charge is 0.320 e. The summed E-state index contributed by atoms with van der Waals surface area (Å²) in [6, 6.07) is 7.83. The molecule has 0 aliphatic carbocycles. The maximum Gasteiger partial charge on any atom is 0.320 e. The lowest BCUT2D eigenvalue weighted by molar-refractivity contribution is 0.283. The molecular weight excluding hydrogens is 192 g/mol. The highest BCUT2D eigenvalue weighted by molar-refractivity contribution is 5.87. The molecule has 1 aromatic rings. The number of rotatable bonds is 0. The summed E-state index contributed by atoms with van der Waals surface area (Å²) in [5.74, 6) is 1.58. The van der Waals surface area contributed by atoms with Gasteiger partial charge in [-0.2, -0.15) is 0 Å². The van der Waals surface area contributed by atoms with Crippen molar-refractivity contribution in [2.75, 3.05) is 0 Å². The Morgan fingerprint density at radius 2 is 2.27 bits per heavy atom. The van der Waals surface area contributed by atoms with E-state index in [1.54, 1.807) is 17.4 Å². The third-order valence-corrected chi connectivity index (χ3v) is 2.28. The molecule has 0 amide bonds. The highest BCUT2D eigenvalue weighted by atomic mass is 16.6. The average molecular weight is 200 g/mol. The first-order chi connectivity index (χ1) is 7.43. The van der Waals surface area contributed by atoms with Crippen LogP contribution in [0, 0.1) is 6.73 Å². The topological polar surface area (TPSA) is 34.1 Å². The van der Waals surface area contributed by atoms with E-state index in [9.17, 15) is 0 Å². The predicted octanol–water partition coefficient (Wildman–Crippen LogP) is 1.73. The van der Waals surface area contributed by atoms with Crippen molar-refractivity contribution < 1.29 is 9.57 Å². The molecule has 1 aromatic carbocycles. The van der Waals surface area contributed by atoms with E-state index < -0.39 is 0 Å². The van der Waals surface area contributed by atoms with E-state index >= 15 is 0 Å². The van der Waals surface area contributed by atoms with E-state index in [4.69, 9.17) is 9.57 Å². The van der Waals surface area contributed by atoms with Gasteiger partial charge >= 0.3 is 6.73 Å². The first-order valence-electron chi connectivity index (χ1n) is 4.62. The molecule has 0 atom stereocenters. The van der Waals surface area contributed by atoms with Crippen LogP contribution in [-0.4, -0.2) is 10.7 Å². The minimum atomic E-state index is 0.719. The van der Waals surface area contributed by atoms with Gasteiger partial charge in [0.25, 0.3) is 0 Å². The molecule has 74 valence electrons. The van der Waals surface area contributed by atoms with Crippen molar-refractivity contribution in [2.45, 2.75) is 6.42 Å². The van der Waals surface area contributed by atoms with E-state index in [1.807, 2.05) is 24.3 Å². The summed E-state index contributed by atoms with van der Waals surface area (Å²) >= 11 is 0. The SMILES string of the molecule is [C]1OC=CN1C1=NOc2ccccc2C1. The standard InChI is InChI=1S/C11H8N2O2/c1-2-4-10-9(3-1)7-11(12-15-10)13-5-6-14-8-13/h1-6H,7H2. The molecule has 0 unspecified atom stereocenters. The van der Waals surface area contributed by atoms with Gasteiger partial charge in [0.15, 0.2) is 11.6 Å². The summed E-state index contributed by atoms with van der Waals surface area (Å²) < 4.78 is 4.86. The molecule has 0 spiro atoms. The molecule has 4 nitrogen and oxygen atoms in total. The Kier molecular flexibility index (Phi) is 1.84. The van der Waals surface area contributed by atoms with Gasteiger partial charge in [-0.15, -0.1) is 0 Å². The van der Waals surface area contributed by atoms with Gasteiger partial charge < -0.3 is 9.57 Å². The van der Waals surface area contributed by atoms with Gasteiger partial charge in [0.2, 0.25) is 0 Å². The largest absolute Gasteiger partial charge is 0.461 e. The van der Waals surface area contributed by atoms with Crippen LogP contribution in [0.15, 0.2) is 41.9 Å². The highest BCUT2D eigenvalue weighted by Crippen LogP contribution is 2.24. The van der Waals surface area contributed by atoms with E-state index in [2.05, 4.69) is 11.9 Å². The van der Waals surface area contributed by atoms with Crippen LogP contribution in [-0.2, 0) is 11.2 Å². The Labute approximate surface area is 87.4 Å². The molecule has 2 heterocycles. The highest BCUT2D eigenvalue weighted by Gasteiger charge is 2.21. The number of hydrogen-bond donors (Lipinski definition) is 0. The average Bonchev–Trinajstić information content (AvgIpc) is 2.82. The molecule has 0 N–H and O–H groups in total. The second kappa shape index (κ2) is 3.31. The van der Waals surface area contributed by atoms with E-state index in [-0.39, 0.29) is 0 Å². The van der Waals surface area contributed by atoms with Gasteiger partial charge in [-0.3, -0.25) is 4.90 Å².